The number of pyridine rings is 1. The average Bonchev–Trinajstić information content (AvgIpc) is 2.73. The number of hydrogen-bond acceptors (Lipinski definition) is 4. The van der Waals surface area contributed by atoms with Crippen LogP contribution in [-0.2, 0) is 17.4 Å². The number of likely N-dealkylation sites (tertiary alicyclic amines) is 1. The standard InChI is InChI=1S/C21H22F3N5O2/c22-21(23,24)17-11-15(19(31)28-20(25)26)3-4-16(17)14-5-8-29(9-6-14)18(30)10-13-2-1-7-27-12-13/h1-4,7,11-12,14H,5-6,8-10H2,(H4,25,26,28,31). The molecule has 0 saturated carbocycles. The number of guanidine groups is 1. The third-order valence-corrected chi connectivity index (χ3v) is 5.23. The molecule has 1 aromatic carbocycles. The van der Waals surface area contributed by atoms with Gasteiger partial charge in [-0.25, -0.2) is 0 Å². The molecule has 0 radical (unpaired) electrons. The van der Waals surface area contributed by atoms with Crippen LogP contribution < -0.4 is 11.1 Å². The summed E-state index contributed by atoms with van der Waals surface area (Å²) in [7, 11) is 0. The monoisotopic (exact) mass is 433 g/mol. The Labute approximate surface area is 177 Å². The van der Waals surface area contributed by atoms with Crippen LogP contribution in [0.1, 0.15) is 45.8 Å². The van der Waals surface area contributed by atoms with Crippen LogP contribution in [0.25, 0.3) is 0 Å². The van der Waals surface area contributed by atoms with Crippen LogP contribution in [0, 0.1) is 5.41 Å². The highest BCUT2D eigenvalue weighted by molar-refractivity contribution is 6.04. The number of benzene rings is 1. The van der Waals surface area contributed by atoms with Crippen molar-refractivity contribution in [3.63, 3.8) is 0 Å². The Morgan fingerprint density at radius 2 is 1.94 bits per heavy atom. The van der Waals surface area contributed by atoms with Crippen molar-refractivity contribution in [1.82, 2.24) is 15.2 Å². The summed E-state index contributed by atoms with van der Waals surface area (Å²) in [6.45, 7) is 0.710. The van der Waals surface area contributed by atoms with Gasteiger partial charge in [-0.05, 0) is 48.1 Å². The first-order valence-corrected chi connectivity index (χ1v) is 9.68. The number of nitrogens with two attached hydrogens (primary N) is 1. The summed E-state index contributed by atoms with van der Waals surface area (Å²) in [4.78, 5) is 30.1. The van der Waals surface area contributed by atoms with Gasteiger partial charge in [0.1, 0.15) is 0 Å². The Kier molecular flexibility index (Phi) is 6.57. The molecule has 0 aliphatic carbocycles. The van der Waals surface area contributed by atoms with Crippen molar-refractivity contribution in [3.05, 3.63) is 65.0 Å². The number of amides is 2. The second-order valence-electron chi connectivity index (χ2n) is 7.36. The highest BCUT2D eigenvalue weighted by Gasteiger charge is 2.37. The van der Waals surface area contributed by atoms with Gasteiger partial charge in [0, 0.05) is 31.0 Å². The predicted octanol–water partition coefficient (Wildman–Crippen LogP) is 2.67. The van der Waals surface area contributed by atoms with Crippen molar-refractivity contribution in [2.24, 2.45) is 5.73 Å². The number of carbonyl (C=O) groups is 2. The quantitative estimate of drug-likeness (QED) is 0.508. The first-order valence-electron chi connectivity index (χ1n) is 9.68. The maximum Gasteiger partial charge on any atom is 0.416 e. The minimum absolute atomic E-state index is 0.0845. The lowest BCUT2D eigenvalue weighted by molar-refractivity contribution is -0.139. The van der Waals surface area contributed by atoms with Gasteiger partial charge >= 0.3 is 6.18 Å². The number of halogens is 3. The number of nitrogens with one attached hydrogen (secondary N) is 2. The van der Waals surface area contributed by atoms with Crippen molar-refractivity contribution >= 4 is 17.8 Å². The lowest BCUT2D eigenvalue weighted by atomic mass is 9.85. The minimum Gasteiger partial charge on any atom is -0.370 e. The van der Waals surface area contributed by atoms with E-state index in [2.05, 4.69) is 4.98 Å². The van der Waals surface area contributed by atoms with Gasteiger partial charge in [-0.2, -0.15) is 13.2 Å². The van der Waals surface area contributed by atoms with Gasteiger partial charge in [-0.15, -0.1) is 0 Å². The first kappa shape index (κ1) is 22.3. The molecule has 1 saturated heterocycles. The summed E-state index contributed by atoms with van der Waals surface area (Å²) in [5.74, 6) is -1.99. The molecule has 2 heterocycles. The fraction of sp³-hybridized carbons (Fsp3) is 0.333. The summed E-state index contributed by atoms with van der Waals surface area (Å²) in [6, 6.07) is 6.93. The maximum atomic E-state index is 13.7. The Balaban J connectivity index is 1.72. The second-order valence-corrected chi connectivity index (χ2v) is 7.36. The summed E-state index contributed by atoms with van der Waals surface area (Å²) >= 11 is 0. The van der Waals surface area contributed by atoms with E-state index >= 15 is 0 Å². The molecular weight excluding hydrogens is 411 g/mol. The van der Waals surface area contributed by atoms with Crippen LogP contribution in [0.5, 0.6) is 0 Å². The molecule has 10 heteroatoms. The molecule has 2 amide bonds. The van der Waals surface area contributed by atoms with Gasteiger partial charge in [-0.1, -0.05) is 12.1 Å². The minimum atomic E-state index is -4.64. The first-order chi connectivity index (χ1) is 14.6. The van der Waals surface area contributed by atoms with E-state index in [0.29, 0.717) is 25.9 Å². The van der Waals surface area contributed by atoms with E-state index in [0.717, 1.165) is 11.6 Å². The second kappa shape index (κ2) is 9.15. The lowest BCUT2D eigenvalue weighted by Crippen LogP contribution is -2.39. The van der Waals surface area contributed by atoms with Crippen molar-refractivity contribution in [3.8, 4) is 0 Å². The van der Waals surface area contributed by atoms with E-state index < -0.39 is 23.6 Å². The highest BCUT2D eigenvalue weighted by Crippen LogP contribution is 2.39. The van der Waals surface area contributed by atoms with E-state index in [1.165, 1.54) is 12.1 Å². The highest BCUT2D eigenvalue weighted by atomic mass is 19.4. The molecule has 1 aliphatic heterocycles. The molecule has 0 bridgehead atoms. The Bertz CT molecular complexity index is 971. The number of rotatable bonds is 4. The Morgan fingerprint density at radius 3 is 2.52 bits per heavy atom. The van der Waals surface area contributed by atoms with Crippen molar-refractivity contribution in [2.75, 3.05) is 13.1 Å². The third kappa shape index (κ3) is 5.59. The molecule has 0 atom stereocenters. The number of piperidine rings is 1. The molecule has 7 nitrogen and oxygen atoms in total. The molecule has 0 unspecified atom stereocenters. The van der Waals surface area contributed by atoms with Gasteiger partial charge in [0.15, 0.2) is 5.96 Å². The normalized spacial score (nSPS) is 14.9. The number of carbonyl (C=O) groups excluding carboxylic acids is 2. The van der Waals surface area contributed by atoms with Gasteiger partial charge in [-0.3, -0.25) is 25.3 Å². The predicted molar refractivity (Wildman–Crippen MR) is 107 cm³/mol. The van der Waals surface area contributed by atoms with Crippen molar-refractivity contribution in [2.45, 2.75) is 31.4 Å². The summed E-state index contributed by atoms with van der Waals surface area (Å²) in [5, 5.41) is 9.05. The molecule has 1 aromatic heterocycles. The lowest BCUT2D eigenvalue weighted by Gasteiger charge is -2.33. The van der Waals surface area contributed by atoms with E-state index in [9.17, 15) is 22.8 Å². The molecule has 2 aromatic rings. The number of hydrogen-bond donors (Lipinski definition) is 3. The average molecular weight is 433 g/mol. The smallest absolute Gasteiger partial charge is 0.370 e. The van der Waals surface area contributed by atoms with Crippen molar-refractivity contribution < 1.29 is 22.8 Å². The van der Waals surface area contributed by atoms with Crippen LogP contribution in [0.2, 0.25) is 0 Å². The van der Waals surface area contributed by atoms with Crippen LogP contribution >= 0.6 is 0 Å². The topological polar surface area (TPSA) is 112 Å². The zero-order valence-electron chi connectivity index (χ0n) is 16.6. The number of aromatic nitrogens is 1. The van der Waals surface area contributed by atoms with E-state index in [1.807, 2.05) is 5.32 Å². The van der Waals surface area contributed by atoms with Crippen LogP contribution in [-0.4, -0.2) is 40.7 Å². The molecule has 0 spiro atoms. The Hall–Kier alpha value is -3.43. The van der Waals surface area contributed by atoms with Gasteiger partial charge < -0.3 is 10.6 Å². The van der Waals surface area contributed by atoms with Gasteiger partial charge in [0.25, 0.3) is 5.91 Å². The molecule has 1 aliphatic rings. The number of nitrogens with zero attached hydrogens (tertiary/aromatic N) is 2. The summed E-state index contributed by atoms with van der Waals surface area (Å²) < 4.78 is 41.1. The summed E-state index contributed by atoms with van der Waals surface area (Å²) in [5.41, 5.74) is 4.86. The zero-order chi connectivity index (χ0) is 22.6. The summed E-state index contributed by atoms with van der Waals surface area (Å²) in [6.07, 6.45) is -0.431. The van der Waals surface area contributed by atoms with Gasteiger partial charge in [0.05, 0.1) is 12.0 Å². The van der Waals surface area contributed by atoms with E-state index in [4.69, 9.17) is 11.1 Å². The third-order valence-electron chi connectivity index (χ3n) is 5.23. The van der Waals surface area contributed by atoms with Crippen LogP contribution in [0.15, 0.2) is 42.7 Å². The molecule has 3 rings (SSSR count). The molecule has 31 heavy (non-hydrogen) atoms. The van der Waals surface area contributed by atoms with Crippen LogP contribution in [0.3, 0.4) is 0 Å². The maximum absolute atomic E-state index is 13.7. The van der Waals surface area contributed by atoms with Crippen molar-refractivity contribution in [1.29, 1.82) is 5.41 Å². The Morgan fingerprint density at radius 1 is 1.23 bits per heavy atom. The van der Waals surface area contributed by atoms with Gasteiger partial charge in [0.2, 0.25) is 5.91 Å². The molecular formula is C21H22F3N5O2. The fourth-order valence-corrected chi connectivity index (χ4v) is 3.72. The molecule has 1 fully saturated rings. The molecule has 164 valence electrons. The van der Waals surface area contributed by atoms with E-state index in [1.54, 1.807) is 29.4 Å². The zero-order valence-corrected chi connectivity index (χ0v) is 16.6. The van der Waals surface area contributed by atoms with E-state index in [-0.39, 0.29) is 29.4 Å². The van der Waals surface area contributed by atoms with Crippen LogP contribution in [0.4, 0.5) is 13.2 Å². The SMILES string of the molecule is N=C(N)NC(=O)c1ccc(C2CCN(C(=O)Cc3cccnc3)CC2)c(C(F)(F)F)c1. The molecule has 4 N–H and O–H groups in total. The largest absolute Gasteiger partial charge is 0.416 e. The fourth-order valence-electron chi connectivity index (χ4n) is 3.72. The number of alkyl halides is 3.